The maximum atomic E-state index is 13.2. The van der Waals surface area contributed by atoms with Gasteiger partial charge in [0.25, 0.3) is 0 Å². The summed E-state index contributed by atoms with van der Waals surface area (Å²) in [5.41, 5.74) is 0.981. The number of amides is 2. The number of alkyl halides is 3. The SMILES string of the molecule is O=C(NSC(F)(Cl)Cl)N(c1ccc(Cl)cc1)c1cccc(Cl)c1. The average molecular weight is 414 g/mol. The second-order valence-electron chi connectivity index (χ2n) is 4.25. The molecule has 0 radical (unpaired) electrons. The van der Waals surface area contributed by atoms with Crippen LogP contribution in [0, 0.1) is 0 Å². The molecule has 0 aromatic heterocycles. The lowest BCUT2D eigenvalue weighted by Gasteiger charge is -2.24. The van der Waals surface area contributed by atoms with Crippen molar-refractivity contribution in [2.45, 2.75) is 3.92 Å². The fourth-order valence-corrected chi connectivity index (χ4v) is 2.57. The quantitative estimate of drug-likeness (QED) is 0.455. The van der Waals surface area contributed by atoms with Crippen molar-refractivity contribution in [2.75, 3.05) is 4.90 Å². The van der Waals surface area contributed by atoms with Crippen LogP contribution in [0.2, 0.25) is 10.0 Å². The van der Waals surface area contributed by atoms with Gasteiger partial charge < -0.3 is 0 Å². The molecule has 0 bridgehead atoms. The smallest absolute Gasteiger partial charge is 0.276 e. The Balaban J connectivity index is 2.35. The highest BCUT2D eigenvalue weighted by Crippen LogP contribution is 2.35. The molecule has 0 aliphatic heterocycles. The molecule has 2 rings (SSSR count). The van der Waals surface area contributed by atoms with Gasteiger partial charge in [0.1, 0.15) is 0 Å². The first-order chi connectivity index (χ1) is 10.8. The monoisotopic (exact) mass is 412 g/mol. The standard InChI is InChI=1S/C14H9Cl4FN2OS/c15-9-4-6-11(7-5-9)21(12-3-1-2-10(16)8-12)13(22)20-23-14(17,18)19/h1-8H,(H,20,22). The van der Waals surface area contributed by atoms with E-state index >= 15 is 0 Å². The van der Waals surface area contributed by atoms with E-state index in [-0.39, 0.29) is 11.9 Å². The minimum atomic E-state index is -2.64. The first kappa shape index (κ1) is 18.5. The Labute approximate surface area is 156 Å². The van der Waals surface area contributed by atoms with E-state index in [1.54, 1.807) is 48.5 Å². The van der Waals surface area contributed by atoms with Gasteiger partial charge in [0.15, 0.2) is 0 Å². The number of hydrogen-bond donors (Lipinski definition) is 1. The van der Waals surface area contributed by atoms with Gasteiger partial charge in [-0.1, -0.05) is 52.5 Å². The van der Waals surface area contributed by atoms with Crippen molar-refractivity contribution < 1.29 is 9.18 Å². The first-order valence-corrected chi connectivity index (χ1v) is 8.45. The molecule has 0 saturated carbocycles. The molecule has 0 spiro atoms. The number of rotatable bonds is 4. The maximum Gasteiger partial charge on any atom is 0.336 e. The number of carbonyl (C=O) groups is 1. The number of halogens is 5. The number of benzene rings is 2. The Morgan fingerprint density at radius 2 is 1.70 bits per heavy atom. The second kappa shape index (κ2) is 7.81. The molecule has 0 atom stereocenters. The van der Waals surface area contributed by atoms with Gasteiger partial charge in [-0.15, -0.1) is 0 Å². The molecule has 0 heterocycles. The molecule has 0 fully saturated rings. The number of carbonyl (C=O) groups excluding carboxylic acids is 1. The van der Waals surface area contributed by atoms with Crippen LogP contribution < -0.4 is 9.62 Å². The number of nitrogens with one attached hydrogen (secondary N) is 1. The molecule has 0 unspecified atom stereocenters. The van der Waals surface area contributed by atoms with E-state index < -0.39 is 9.95 Å². The molecule has 2 aromatic rings. The number of hydrogen-bond acceptors (Lipinski definition) is 2. The van der Waals surface area contributed by atoms with E-state index in [4.69, 9.17) is 46.4 Å². The lowest BCUT2D eigenvalue weighted by molar-refractivity contribution is 0.253. The van der Waals surface area contributed by atoms with Crippen molar-refractivity contribution in [3.63, 3.8) is 0 Å². The molecule has 23 heavy (non-hydrogen) atoms. The number of anilines is 2. The molecule has 1 N–H and O–H groups in total. The molecule has 2 aromatic carbocycles. The third-order valence-electron chi connectivity index (χ3n) is 2.61. The van der Waals surface area contributed by atoms with Gasteiger partial charge in [0.2, 0.25) is 0 Å². The fraction of sp³-hybridized carbons (Fsp3) is 0.0714. The highest BCUT2D eigenvalue weighted by atomic mass is 35.5. The molecular formula is C14H9Cl4FN2OS. The van der Waals surface area contributed by atoms with E-state index in [9.17, 15) is 9.18 Å². The molecule has 0 aliphatic carbocycles. The Morgan fingerprint density at radius 3 is 2.26 bits per heavy atom. The van der Waals surface area contributed by atoms with Crippen molar-refractivity contribution >= 4 is 75.8 Å². The van der Waals surface area contributed by atoms with Crippen LogP contribution in [0.25, 0.3) is 0 Å². The zero-order valence-electron chi connectivity index (χ0n) is 11.3. The lowest BCUT2D eigenvalue weighted by Crippen LogP contribution is -2.34. The summed E-state index contributed by atoms with van der Waals surface area (Å²) >= 11 is 22.5. The van der Waals surface area contributed by atoms with Gasteiger partial charge in [0, 0.05) is 22.0 Å². The van der Waals surface area contributed by atoms with Crippen LogP contribution >= 0.6 is 58.4 Å². The summed E-state index contributed by atoms with van der Waals surface area (Å²) in [6, 6.07) is 12.5. The Bertz CT molecular complexity index is 694. The van der Waals surface area contributed by atoms with Crippen LogP contribution in [0.15, 0.2) is 48.5 Å². The Hall–Kier alpha value is -0.850. The molecule has 0 aliphatic rings. The second-order valence-corrected chi connectivity index (χ2v) is 7.77. The normalized spacial score (nSPS) is 11.2. The van der Waals surface area contributed by atoms with E-state index in [1.165, 1.54) is 4.90 Å². The molecule has 122 valence electrons. The molecule has 3 nitrogen and oxygen atoms in total. The van der Waals surface area contributed by atoms with Crippen LogP contribution in [-0.4, -0.2) is 9.95 Å². The summed E-state index contributed by atoms with van der Waals surface area (Å²) in [6.45, 7) is 0. The first-order valence-electron chi connectivity index (χ1n) is 6.12. The molecule has 2 amide bonds. The van der Waals surface area contributed by atoms with Crippen molar-refractivity contribution in [2.24, 2.45) is 0 Å². The Kier molecular flexibility index (Phi) is 6.28. The third-order valence-corrected chi connectivity index (χ3v) is 4.07. The number of urea groups is 1. The predicted molar refractivity (Wildman–Crippen MR) is 96.7 cm³/mol. The highest BCUT2D eigenvalue weighted by molar-refractivity contribution is 8.01. The zero-order chi connectivity index (χ0) is 17.0. The summed E-state index contributed by atoms with van der Waals surface area (Å²) in [4.78, 5) is 13.7. The summed E-state index contributed by atoms with van der Waals surface area (Å²) in [5, 5.41) is 0.954. The summed E-state index contributed by atoms with van der Waals surface area (Å²) in [7, 11) is 0. The van der Waals surface area contributed by atoms with Gasteiger partial charge >= 0.3 is 9.95 Å². The molecule has 0 saturated heterocycles. The number of nitrogens with zero attached hydrogens (tertiary/aromatic N) is 1. The third kappa shape index (κ3) is 5.62. The van der Waals surface area contributed by atoms with Crippen LogP contribution in [-0.2, 0) is 0 Å². The molecule has 9 heteroatoms. The summed E-state index contributed by atoms with van der Waals surface area (Å²) in [5.74, 6) is 0. The Morgan fingerprint density at radius 1 is 1.04 bits per heavy atom. The predicted octanol–water partition coefficient (Wildman–Crippen LogP) is 6.55. The minimum Gasteiger partial charge on any atom is -0.276 e. The van der Waals surface area contributed by atoms with Gasteiger partial charge in [-0.2, -0.15) is 4.39 Å². The average Bonchev–Trinajstić information content (AvgIpc) is 2.47. The van der Waals surface area contributed by atoms with Crippen molar-refractivity contribution in [1.29, 1.82) is 0 Å². The van der Waals surface area contributed by atoms with E-state index in [2.05, 4.69) is 4.72 Å². The van der Waals surface area contributed by atoms with Crippen LogP contribution in [0.4, 0.5) is 20.6 Å². The lowest BCUT2D eigenvalue weighted by atomic mass is 10.2. The molecular weight excluding hydrogens is 405 g/mol. The largest absolute Gasteiger partial charge is 0.336 e. The summed E-state index contributed by atoms with van der Waals surface area (Å²) in [6.07, 6.45) is 0. The summed E-state index contributed by atoms with van der Waals surface area (Å²) < 4.78 is 12.8. The topological polar surface area (TPSA) is 32.3 Å². The van der Waals surface area contributed by atoms with Crippen molar-refractivity contribution in [3.8, 4) is 0 Å². The van der Waals surface area contributed by atoms with Crippen molar-refractivity contribution in [1.82, 2.24) is 4.72 Å². The fourth-order valence-electron chi connectivity index (χ4n) is 1.74. The minimum absolute atomic E-state index is 0.231. The highest BCUT2D eigenvalue weighted by Gasteiger charge is 2.27. The van der Waals surface area contributed by atoms with E-state index in [1.807, 2.05) is 0 Å². The van der Waals surface area contributed by atoms with Crippen LogP contribution in [0.3, 0.4) is 0 Å². The van der Waals surface area contributed by atoms with Crippen LogP contribution in [0.1, 0.15) is 0 Å². The van der Waals surface area contributed by atoms with Gasteiger partial charge in [0.05, 0.1) is 11.4 Å². The zero-order valence-corrected chi connectivity index (χ0v) is 15.1. The van der Waals surface area contributed by atoms with E-state index in [0.29, 0.717) is 21.4 Å². The van der Waals surface area contributed by atoms with Crippen molar-refractivity contribution in [3.05, 3.63) is 58.6 Å². The van der Waals surface area contributed by atoms with Gasteiger partial charge in [-0.3, -0.25) is 9.62 Å². The van der Waals surface area contributed by atoms with Crippen LogP contribution in [0.5, 0.6) is 0 Å². The van der Waals surface area contributed by atoms with E-state index in [0.717, 1.165) is 0 Å². The van der Waals surface area contributed by atoms with Gasteiger partial charge in [-0.05, 0) is 42.5 Å². The van der Waals surface area contributed by atoms with Gasteiger partial charge in [-0.25, -0.2) is 4.79 Å². The maximum absolute atomic E-state index is 13.2.